The standard InChI is InChI=1S/C13H15FN4O2/c1-3-20-13(19)11-7(2)17-18-12(11)16-10-5-4-8(14)6-9(10)15/h4-6H,3,15H2,1-2H3,(H2,16,17,18). The van der Waals surface area contributed by atoms with Gasteiger partial charge in [0, 0.05) is 5.69 Å². The zero-order valence-corrected chi connectivity index (χ0v) is 11.2. The predicted molar refractivity (Wildman–Crippen MR) is 73.4 cm³/mol. The number of aryl methyl sites for hydroxylation is 1. The summed E-state index contributed by atoms with van der Waals surface area (Å²) in [5, 5.41) is 9.58. The smallest absolute Gasteiger partial charge is 0.343 e. The van der Waals surface area contributed by atoms with Gasteiger partial charge in [-0.25, -0.2) is 9.18 Å². The second kappa shape index (κ2) is 5.60. The highest BCUT2D eigenvalue weighted by Gasteiger charge is 2.20. The van der Waals surface area contributed by atoms with Gasteiger partial charge in [0.25, 0.3) is 0 Å². The number of carbonyl (C=O) groups is 1. The Morgan fingerprint density at radius 2 is 2.30 bits per heavy atom. The fraction of sp³-hybridized carbons (Fsp3) is 0.231. The number of hydrogen-bond donors (Lipinski definition) is 3. The number of nitrogens with one attached hydrogen (secondary N) is 2. The normalized spacial score (nSPS) is 10.3. The summed E-state index contributed by atoms with van der Waals surface area (Å²) in [5.74, 6) is -0.627. The number of nitrogens with zero attached hydrogens (tertiary/aromatic N) is 1. The maximum absolute atomic E-state index is 13.0. The molecule has 0 spiro atoms. The first kappa shape index (κ1) is 13.9. The fourth-order valence-corrected chi connectivity index (χ4v) is 1.75. The molecule has 7 heteroatoms. The zero-order chi connectivity index (χ0) is 14.7. The number of hydrogen-bond acceptors (Lipinski definition) is 5. The van der Waals surface area contributed by atoms with Gasteiger partial charge < -0.3 is 15.8 Å². The van der Waals surface area contributed by atoms with Crippen LogP contribution in [0.4, 0.5) is 21.6 Å². The Kier molecular flexibility index (Phi) is 3.88. The van der Waals surface area contributed by atoms with Gasteiger partial charge in [0.2, 0.25) is 0 Å². The number of halogens is 1. The summed E-state index contributed by atoms with van der Waals surface area (Å²) in [5.41, 5.74) is 7.27. The predicted octanol–water partition coefficient (Wildman–Crippen LogP) is 2.36. The molecule has 0 fully saturated rings. The topological polar surface area (TPSA) is 93.0 Å². The summed E-state index contributed by atoms with van der Waals surface area (Å²) in [6.45, 7) is 3.69. The van der Waals surface area contributed by atoms with E-state index in [1.165, 1.54) is 18.2 Å². The van der Waals surface area contributed by atoms with Crippen LogP contribution in [0.25, 0.3) is 0 Å². The number of rotatable bonds is 4. The van der Waals surface area contributed by atoms with E-state index in [4.69, 9.17) is 10.5 Å². The molecule has 0 aliphatic rings. The first-order valence-electron chi connectivity index (χ1n) is 6.07. The van der Waals surface area contributed by atoms with Crippen LogP contribution >= 0.6 is 0 Å². The Labute approximate surface area is 115 Å². The van der Waals surface area contributed by atoms with Gasteiger partial charge in [0.15, 0.2) is 5.82 Å². The van der Waals surface area contributed by atoms with Crippen LogP contribution in [0.1, 0.15) is 23.0 Å². The Morgan fingerprint density at radius 3 is 2.95 bits per heavy atom. The molecular formula is C13H15FN4O2. The Balaban J connectivity index is 2.32. The van der Waals surface area contributed by atoms with Gasteiger partial charge in [0.1, 0.15) is 11.4 Å². The van der Waals surface area contributed by atoms with Crippen molar-refractivity contribution >= 4 is 23.2 Å². The van der Waals surface area contributed by atoms with Gasteiger partial charge in [-0.2, -0.15) is 5.10 Å². The van der Waals surface area contributed by atoms with Crippen molar-refractivity contribution < 1.29 is 13.9 Å². The molecule has 1 heterocycles. The number of anilines is 3. The fourth-order valence-electron chi connectivity index (χ4n) is 1.75. The molecule has 0 aliphatic heterocycles. The largest absolute Gasteiger partial charge is 0.462 e. The summed E-state index contributed by atoms with van der Waals surface area (Å²) in [6.07, 6.45) is 0. The van der Waals surface area contributed by atoms with Crippen LogP contribution in [0.5, 0.6) is 0 Å². The zero-order valence-electron chi connectivity index (χ0n) is 11.2. The number of aromatic amines is 1. The van der Waals surface area contributed by atoms with E-state index in [-0.39, 0.29) is 12.3 Å². The van der Waals surface area contributed by atoms with Crippen LogP contribution in [0.15, 0.2) is 18.2 Å². The Hall–Kier alpha value is -2.57. The highest BCUT2D eigenvalue weighted by molar-refractivity contribution is 5.97. The van der Waals surface area contributed by atoms with E-state index >= 15 is 0 Å². The lowest BCUT2D eigenvalue weighted by Gasteiger charge is -2.09. The van der Waals surface area contributed by atoms with E-state index in [0.29, 0.717) is 22.8 Å². The van der Waals surface area contributed by atoms with Gasteiger partial charge in [-0.3, -0.25) is 5.10 Å². The van der Waals surface area contributed by atoms with E-state index in [2.05, 4.69) is 15.5 Å². The van der Waals surface area contributed by atoms with Crippen molar-refractivity contribution in [1.29, 1.82) is 0 Å². The molecule has 0 atom stereocenters. The molecule has 20 heavy (non-hydrogen) atoms. The van der Waals surface area contributed by atoms with Gasteiger partial charge >= 0.3 is 5.97 Å². The van der Waals surface area contributed by atoms with Crippen LogP contribution in [0.3, 0.4) is 0 Å². The number of carbonyl (C=O) groups excluding carboxylic acids is 1. The summed E-state index contributed by atoms with van der Waals surface area (Å²) in [4.78, 5) is 11.9. The van der Waals surface area contributed by atoms with Crippen molar-refractivity contribution in [3.63, 3.8) is 0 Å². The number of H-pyrrole nitrogens is 1. The van der Waals surface area contributed by atoms with Gasteiger partial charge in [-0.1, -0.05) is 0 Å². The number of nitrogens with two attached hydrogens (primary N) is 1. The Bertz CT molecular complexity index is 639. The first-order valence-corrected chi connectivity index (χ1v) is 6.07. The van der Waals surface area contributed by atoms with Crippen molar-refractivity contribution in [1.82, 2.24) is 10.2 Å². The first-order chi connectivity index (χ1) is 9.52. The number of esters is 1. The molecule has 0 amide bonds. The maximum atomic E-state index is 13.0. The monoisotopic (exact) mass is 278 g/mol. The molecule has 0 bridgehead atoms. The van der Waals surface area contributed by atoms with E-state index in [9.17, 15) is 9.18 Å². The van der Waals surface area contributed by atoms with Gasteiger partial charge in [-0.15, -0.1) is 0 Å². The summed E-state index contributed by atoms with van der Waals surface area (Å²) >= 11 is 0. The van der Waals surface area contributed by atoms with Crippen LogP contribution in [-0.2, 0) is 4.74 Å². The van der Waals surface area contributed by atoms with Crippen LogP contribution in [-0.4, -0.2) is 22.8 Å². The highest BCUT2D eigenvalue weighted by Crippen LogP contribution is 2.26. The quantitative estimate of drug-likeness (QED) is 0.589. The van der Waals surface area contributed by atoms with Crippen molar-refractivity contribution in [3.05, 3.63) is 35.3 Å². The average Bonchev–Trinajstić information content (AvgIpc) is 2.74. The summed E-state index contributed by atoms with van der Waals surface area (Å²) < 4.78 is 18.0. The van der Waals surface area contributed by atoms with E-state index in [0.717, 1.165) is 0 Å². The van der Waals surface area contributed by atoms with Crippen LogP contribution < -0.4 is 11.1 Å². The summed E-state index contributed by atoms with van der Waals surface area (Å²) in [7, 11) is 0. The van der Waals surface area contributed by atoms with Crippen molar-refractivity contribution in [2.75, 3.05) is 17.7 Å². The third kappa shape index (κ3) is 2.71. The molecule has 0 unspecified atom stereocenters. The third-order valence-electron chi connectivity index (χ3n) is 2.69. The maximum Gasteiger partial charge on any atom is 0.343 e. The second-order valence-electron chi connectivity index (χ2n) is 4.15. The van der Waals surface area contributed by atoms with Crippen molar-refractivity contribution in [2.45, 2.75) is 13.8 Å². The summed E-state index contributed by atoms with van der Waals surface area (Å²) in [6, 6.07) is 3.93. The van der Waals surface area contributed by atoms with Crippen molar-refractivity contribution in [3.8, 4) is 0 Å². The molecule has 0 aliphatic carbocycles. The number of ether oxygens (including phenoxy) is 1. The minimum absolute atomic E-state index is 0.223. The van der Waals surface area contributed by atoms with Crippen LogP contribution in [0, 0.1) is 12.7 Å². The number of benzene rings is 1. The van der Waals surface area contributed by atoms with Crippen LogP contribution in [0.2, 0.25) is 0 Å². The molecule has 106 valence electrons. The molecule has 6 nitrogen and oxygen atoms in total. The van der Waals surface area contributed by atoms with E-state index in [1.807, 2.05) is 0 Å². The number of nitrogen functional groups attached to an aromatic ring is 1. The number of aromatic nitrogens is 2. The minimum atomic E-state index is -0.484. The molecule has 0 saturated heterocycles. The lowest BCUT2D eigenvalue weighted by atomic mass is 10.2. The highest BCUT2D eigenvalue weighted by atomic mass is 19.1. The molecule has 0 saturated carbocycles. The van der Waals surface area contributed by atoms with Gasteiger partial charge in [0.05, 0.1) is 18.0 Å². The van der Waals surface area contributed by atoms with Crippen molar-refractivity contribution in [2.24, 2.45) is 0 Å². The molecule has 0 radical (unpaired) electrons. The van der Waals surface area contributed by atoms with Gasteiger partial charge in [-0.05, 0) is 32.0 Å². The molecule has 1 aromatic carbocycles. The molecule has 4 N–H and O–H groups in total. The second-order valence-corrected chi connectivity index (χ2v) is 4.15. The Morgan fingerprint density at radius 1 is 1.55 bits per heavy atom. The minimum Gasteiger partial charge on any atom is -0.462 e. The van der Waals surface area contributed by atoms with E-state index < -0.39 is 11.8 Å². The molecule has 2 rings (SSSR count). The molecular weight excluding hydrogens is 263 g/mol. The SMILES string of the molecule is CCOC(=O)c1c(Nc2ccc(F)cc2N)n[nH]c1C. The third-order valence-corrected chi connectivity index (χ3v) is 2.69. The molecule has 1 aromatic heterocycles. The lowest BCUT2D eigenvalue weighted by Crippen LogP contribution is -2.08. The van der Waals surface area contributed by atoms with E-state index in [1.54, 1.807) is 13.8 Å². The molecule has 2 aromatic rings. The average molecular weight is 278 g/mol. The lowest BCUT2D eigenvalue weighted by molar-refractivity contribution is 0.0527.